The molecule has 1 aromatic heterocycles. The number of furan rings is 1. The molecule has 2 heterocycles. The molecule has 0 radical (unpaired) electrons. The molecule has 0 saturated carbocycles. The molecule has 1 aliphatic heterocycles. The average molecular weight is 477 g/mol. The summed E-state index contributed by atoms with van der Waals surface area (Å²) in [6, 6.07) is 8.45. The van der Waals surface area contributed by atoms with Crippen molar-refractivity contribution in [3.8, 4) is 0 Å². The number of ether oxygens (including phenoxy) is 1. The molecule has 1 N–H and O–H groups in total. The molecule has 1 fully saturated rings. The molecule has 1 aromatic carbocycles. The van der Waals surface area contributed by atoms with Gasteiger partial charge in [0.1, 0.15) is 5.76 Å². The largest absolute Gasteiger partial charge is 0.467 e. The van der Waals surface area contributed by atoms with Gasteiger partial charge in [-0.3, -0.25) is 24.5 Å². The third-order valence-corrected chi connectivity index (χ3v) is 6.80. The number of rotatable bonds is 8. The number of likely N-dealkylation sites (tertiary alicyclic amines) is 1. The van der Waals surface area contributed by atoms with Crippen LogP contribution < -0.4 is 5.32 Å². The van der Waals surface area contributed by atoms with E-state index in [1.807, 2.05) is 0 Å². The third-order valence-electron chi connectivity index (χ3n) is 4.97. The van der Waals surface area contributed by atoms with Crippen molar-refractivity contribution in [3.63, 3.8) is 0 Å². The highest BCUT2D eigenvalue weighted by atomic mass is 32.2. The third kappa shape index (κ3) is 5.84. The van der Waals surface area contributed by atoms with Crippen LogP contribution in [-0.4, -0.2) is 68.6 Å². The maximum absolute atomic E-state index is 12.2. The smallest absolute Gasteiger partial charge is 0.311 e. The monoisotopic (exact) mass is 477 g/mol. The van der Waals surface area contributed by atoms with E-state index in [2.05, 4.69) is 5.32 Å². The molecule has 3 rings (SSSR count). The molecule has 3 amide bonds. The minimum Gasteiger partial charge on any atom is -0.467 e. The van der Waals surface area contributed by atoms with Gasteiger partial charge in [-0.05, 0) is 36.4 Å². The Morgan fingerprint density at radius 2 is 1.88 bits per heavy atom. The van der Waals surface area contributed by atoms with Crippen molar-refractivity contribution in [3.05, 3.63) is 54.0 Å². The number of hydrogen-bond acceptors (Lipinski definition) is 8. The first-order valence-electron chi connectivity index (χ1n) is 9.91. The van der Waals surface area contributed by atoms with Gasteiger partial charge in [-0.1, -0.05) is 0 Å². The number of carbonyl (C=O) groups is 4. The molecule has 12 heteroatoms. The number of esters is 1. The Morgan fingerprint density at radius 1 is 1.18 bits per heavy atom. The number of benzene rings is 1. The van der Waals surface area contributed by atoms with Crippen molar-refractivity contribution in [2.45, 2.75) is 17.9 Å². The van der Waals surface area contributed by atoms with Gasteiger partial charge in [0.15, 0.2) is 6.61 Å². The summed E-state index contributed by atoms with van der Waals surface area (Å²) in [5.74, 6) is -2.70. The van der Waals surface area contributed by atoms with Crippen LogP contribution in [0.25, 0.3) is 0 Å². The molecule has 11 nitrogen and oxygen atoms in total. The van der Waals surface area contributed by atoms with Gasteiger partial charge in [0.2, 0.25) is 15.9 Å². The van der Waals surface area contributed by atoms with Crippen molar-refractivity contribution in [1.29, 1.82) is 0 Å². The van der Waals surface area contributed by atoms with Crippen LogP contribution in [-0.2, 0) is 35.7 Å². The lowest BCUT2D eigenvalue weighted by Gasteiger charge is -2.14. The Morgan fingerprint density at radius 3 is 2.48 bits per heavy atom. The fraction of sp³-hybridized carbons (Fsp3) is 0.333. The Balaban J connectivity index is 1.47. The van der Waals surface area contributed by atoms with Crippen LogP contribution >= 0.6 is 0 Å². The van der Waals surface area contributed by atoms with E-state index >= 15 is 0 Å². The molecule has 1 unspecified atom stereocenters. The standard InChI is InChI=1S/C21H23N3O8S/c1-23(2)33(29,30)17-7-5-14(6-8-17)20(27)22-18(25)13-32-21(28)15-10-19(26)24(11-15)12-16-4-3-9-31-16/h3-9,15H,10-13H2,1-2H3,(H,22,25,27). The number of hydrogen-bond donors (Lipinski definition) is 1. The van der Waals surface area contributed by atoms with Gasteiger partial charge < -0.3 is 14.1 Å². The number of nitrogens with zero attached hydrogens (tertiary/aromatic N) is 2. The molecule has 0 spiro atoms. The summed E-state index contributed by atoms with van der Waals surface area (Å²) in [7, 11) is -0.881. The zero-order valence-corrected chi connectivity index (χ0v) is 18.8. The predicted molar refractivity (Wildman–Crippen MR) is 113 cm³/mol. The van der Waals surface area contributed by atoms with E-state index in [9.17, 15) is 27.6 Å². The van der Waals surface area contributed by atoms with Crippen molar-refractivity contribution in [2.75, 3.05) is 27.2 Å². The van der Waals surface area contributed by atoms with Crippen LogP contribution in [0, 0.1) is 5.92 Å². The highest BCUT2D eigenvalue weighted by Gasteiger charge is 2.36. The van der Waals surface area contributed by atoms with Crippen molar-refractivity contribution in [2.24, 2.45) is 5.92 Å². The summed E-state index contributed by atoms with van der Waals surface area (Å²) in [4.78, 5) is 50.0. The lowest BCUT2D eigenvalue weighted by Crippen LogP contribution is -2.35. The lowest BCUT2D eigenvalue weighted by atomic mass is 10.1. The van der Waals surface area contributed by atoms with E-state index in [4.69, 9.17) is 9.15 Å². The summed E-state index contributed by atoms with van der Waals surface area (Å²) < 4.78 is 35.3. The molecule has 0 bridgehead atoms. The SMILES string of the molecule is CN(C)S(=O)(=O)c1ccc(C(=O)NC(=O)COC(=O)C2CC(=O)N(Cc3ccco3)C2)cc1. The molecular weight excluding hydrogens is 454 g/mol. The minimum absolute atomic E-state index is 0.00323. The summed E-state index contributed by atoms with van der Waals surface area (Å²) >= 11 is 0. The fourth-order valence-electron chi connectivity index (χ4n) is 3.15. The number of carbonyl (C=O) groups excluding carboxylic acids is 4. The predicted octanol–water partition coefficient (Wildman–Crippen LogP) is 0.378. The van der Waals surface area contributed by atoms with Crippen molar-refractivity contribution >= 4 is 33.7 Å². The molecule has 176 valence electrons. The second-order valence-electron chi connectivity index (χ2n) is 7.55. The van der Waals surface area contributed by atoms with Gasteiger partial charge in [0.05, 0.1) is 23.6 Å². The van der Waals surface area contributed by atoms with E-state index < -0.39 is 40.3 Å². The lowest BCUT2D eigenvalue weighted by molar-refractivity contribution is -0.152. The molecule has 33 heavy (non-hydrogen) atoms. The van der Waals surface area contributed by atoms with Crippen LogP contribution in [0.4, 0.5) is 0 Å². The maximum atomic E-state index is 12.2. The van der Waals surface area contributed by atoms with Crippen LogP contribution in [0.15, 0.2) is 52.0 Å². The summed E-state index contributed by atoms with van der Waals surface area (Å²) in [5.41, 5.74) is 0.0577. The number of sulfonamides is 1. The van der Waals surface area contributed by atoms with Gasteiger partial charge in [-0.15, -0.1) is 0 Å². The quantitative estimate of drug-likeness (QED) is 0.538. The summed E-state index contributed by atoms with van der Waals surface area (Å²) in [5, 5.41) is 2.07. The van der Waals surface area contributed by atoms with Gasteiger partial charge >= 0.3 is 5.97 Å². The Labute approximate surface area is 190 Å². The van der Waals surface area contributed by atoms with Crippen LogP contribution in [0.3, 0.4) is 0 Å². The number of imide groups is 1. The van der Waals surface area contributed by atoms with E-state index in [-0.39, 0.29) is 35.9 Å². The van der Waals surface area contributed by atoms with Gasteiger partial charge in [0.25, 0.3) is 11.8 Å². The molecule has 1 aliphatic rings. The fourth-order valence-corrected chi connectivity index (χ4v) is 4.05. The van der Waals surface area contributed by atoms with E-state index in [0.29, 0.717) is 5.76 Å². The molecule has 1 saturated heterocycles. The van der Waals surface area contributed by atoms with Gasteiger partial charge in [-0.2, -0.15) is 0 Å². The maximum Gasteiger partial charge on any atom is 0.311 e. The second kappa shape index (κ2) is 9.96. The summed E-state index contributed by atoms with van der Waals surface area (Å²) in [6.07, 6.45) is 1.45. The Hall–Kier alpha value is -3.51. The Bertz CT molecular complexity index is 1140. The van der Waals surface area contributed by atoms with Crippen LogP contribution in [0.5, 0.6) is 0 Å². The first-order chi connectivity index (χ1) is 15.6. The topological polar surface area (TPSA) is 143 Å². The Kier molecular flexibility index (Phi) is 7.29. The van der Waals surface area contributed by atoms with Crippen molar-refractivity contribution in [1.82, 2.24) is 14.5 Å². The van der Waals surface area contributed by atoms with Gasteiger partial charge in [-0.25, -0.2) is 12.7 Å². The molecule has 1 atom stereocenters. The molecule has 0 aliphatic carbocycles. The average Bonchev–Trinajstić information content (AvgIpc) is 3.42. The van der Waals surface area contributed by atoms with Gasteiger partial charge in [0, 0.05) is 32.6 Å². The first kappa shape index (κ1) is 24.1. The first-order valence-corrected chi connectivity index (χ1v) is 11.4. The zero-order chi connectivity index (χ0) is 24.2. The van der Waals surface area contributed by atoms with E-state index in [1.54, 1.807) is 12.1 Å². The number of nitrogens with one attached hydrogen (secondary N) is 1. The second-order valence-corrected chi connectivity index (χ2v) is 9.70. The molecular formula is C21H23N3O8S. The van der Waals surface area contributed by atoms with Crippen molar-refractivity contribution < 1.29 is 36.7 Å². The van der Waals surface area contributed by atoms with E-state index in [1.165, 1.54) is 49.5 Å². The summed E-state index contributed by atoms with van der Waals surface area (Å²) in [6.45, 7) is -0.319. The highest BCUT2D eigenvalue weighted by molar-refractivity contribution is 7.89. The highest BCUT2D eigenvalue weighted by Crippen LogP contribution is 2.21. The molecule has 2 aromatic rings. The van der Waals surface area contributed by atoms with E-state index in [0.717, 1.165) is 4.31 Å². The van der Waals surface area contributed by atoms with Crippen LogP contribution in [0.2, 0.25) is 0 Å². The van der Waals surface area contributed by atoms with Crippen LogP contribution in [0.1, 0.15) is 22.5 Å². The minimum atomic E-state index is -3.65. The normalized spacial score (nSPS) is 16.2. The number of amides is 3. The zero-order valence-electron chi connectivity index (χ0n) is 18.0.